The van der Waals surface area contributed by atoms with Crippen molar-refractivity contribution in [1.82, 2.24) is 10.1 Å². The number of benzene rings is 2. The third-order valence-electron chi connectivity index (χ3n) is 2.84. The summed E-state index contributed by atoms with van der Waals surface area (Å²) in [6.45, 7) is 0. The van der Waals surface area contributed by atoms with Crippen LogP contribution in [0.3, 0.4) is 0 Å². The second-order valence-corrected chi connectivity index (χ2v) is 5.12. The molecule has 0 amide bonds. The van der Waals surface area contributed by atoms with Crippen LogP contribution < -0.4 is 0 Å². The normalized spacial score (nSPS) is 10.7. The highest BCUT2D eigenvalue weighted by atomic mass is 35.5. The van der Waals surface area contributed by atoms with E-state index in [1.54, 1.807) is 12.1 Å². The molecule has 0 radical (unpaired) electrons. The molecule has 100 valence electrons. The van der Waals surface area contributed by atoms with Gasteiger partial charge in [0, 0.05) is 5.56 Å². The molecule has 0 aliphatic heterocycles. The van der Waals surface area contributed by atoms with E-state index < -0.39 is 0 Å². The highest BCUT2D eigenvalue weighted by Crippen LogP contribution is 2.24. The first-order chi connectivity index (χ1) is 9.72. The highest BCUT2D eigenvalue weighted by molar-refractivity contribution is 6.42. The van der Waals surface area contributed by atoms with Gasteiger partial charge in [-0.05, 0) is 17.7 Å². The van der Waals surface area contributed by atoms with Gasteiger partial charge in [0.05, 0.1) is 16.5 Å². The first kappa shape index (κ1) is 13.2. The van der Waals surface area contributed by atoms with E-state index in [0.717, 1.165) is 11.1 Å². The standard InChI is InChI=1S/C15H10Cl2N2O/c16-12-7-6-10(8-13(12)17)9-14-18-15(19-20-14)11-4-2-1-3-5-11/h1-8H,9H2. The molecule has 1 aromatic heterocycles. The molecule has 0 spiro atoms. The predicted octanol–water partition coefficient (Wildman–Crippen LogP) is 4.63. The average molecular weight is 305 g/mol. The van der Waals surface area contributed by atoms with E-state index in [-0.39, 0.29) is 0 Å². The van der Waals surface area contributed by atoms with E-state index in [2.05, 4.69) is 10.1 Å². The molecule has 2 aromatic carbocycles. The molecule has 0 atom stereocenters. The fourth-order valence-electron chi connectivity index (χ4n) is 1.86. The minimum atomic E-state index is 0.520. The fourth-order valence-corrected chi connectivity index (χ4v) is 2.18. The van der Waals surface area contributed by atoms with Gasteiger partial charge < -0.3 is 4.52 Å². The van der Waals surface area contributed by atoms with E-state index in [4.69, 9.17) is 27.7 Å². The fraction of sp³-hybridized carbons (Fsp3) is 0.0667. The van der Waals surface area contributed by atoms with Crippen LogP contribution in [0.5, 0.6) is 0 Å². The quantitative estimate of drug-likeness (QED) is 0.708. The monoisotopic (exact) mass is 304 g/mol. The van der Waals surface area contributed by atoms with Crippen LogP contribution in [0.4, 0.5) is 0 Å². The van der Waals surface area contributed by atoms with Crippen molar-refractivity contribution in [1.29, 1.82) is 0 Å². The summed E-state index contributed by atoms with van der Waals surface area (Å²) < 4.78 is 5.26. The van der Waals surface area contributed by atoms with Gasteiger partial charge in [0.1, 0.15) is 0 Å². The number of aromatic nitrogens is 2. The van der Waals surface area contributed by atoms with Crippen molar-refractivity contribution in [3.63, 3.8) is 0 Å². The Labute approximate surface area is 126 Å². The van der Waals surface area contributed by atoms with Crippen LogP contribution in [0.2, 0.25) is 10.0 Å². The zero-order valence-electron chi connectivity index (χ0n) is 10.4. The van der Waals surface area contributed by atoms with Crippen LogP contribution >= 0.6 is 23.2 Å². The van der Waals surface area contributed by atoms with Crippen molar-refractivity contribution in [2.24, 2.45) is 0 Å². The van der Waals surface area contributed by atoms with Crippen molar-refractivity contribution in [2.75, 3.05) is 0 Å². The van der Waals surface area contributed by atoms with Gasteiger partial charge >= 0.3 is 0 Å². The van der Waals surface area contributed by atoms with Crippen LogP contribution in [-0.4, -0.2) is 10.1 Å². The lowest BCUT2D eigenvalue weighted by atomic mass is 10.1. The third kappa shape index (κ3) is 2.84. The second kappa shape index (κ2) is 5.65. The molecule has 0 unspecified atom stereocenters. The second-order valence-electron chi connectivity index (χ2n) is 4.30. The topological polar surface area (TPSA) is 38.9 Å². The molecule has 0 bridgehead atoms. The molecule has 0 N–H and O–H groups in total. The van der Waals surface area contributed by atoms with Crippen LogP contribution in [0.1, 0.15) is 11.5 Å². The molecule has 5 heteroatoms. The maximum atomic E-state index is 5.98. The Balaban J connectivity index is 1.82. The number of rotatable bonds is 3. The van der Waals surface area contributed by atoms with Gasteiger partial charge in [0.25, 0.3) is 0 Å². The summed E-state index contributed by atoms with van der Waals surface area (Å²) in [6, 6.07) is 15.1. The lowest BCUT2D eigenvalue weighted by Gasteiger charge is -1.99. The Bertz CT molecular complexity index is 726. The van der Waals surface area contributed by atoms with E-state index in [9.17, 15) is 0 Å². The Hall–Kier alpha value is -1.84. The Morgan fingerprint density at radius 1 is 0.950 bits per heavy atom. The summed E-state index contributed by atoms with van der Waals surface area (Å²) in [7, 11) is 0. The first-order valence-electron chi connectivity index (χ1n) is 6.04. The average Bonchev–Trinajstić information content (AvgIpc) is 2.92. The largest absolute Gasteiger partial charge is 0.339 e. The molecule has 0 aliphatic carbocycles. The Kier molecular flexibility index (Phi) is 3.72. The van der Waals surface area contributed by atoms with Gasteiger partial charge in [0.15, 0.2) is 0 Å². The Morgan fingerprint density at radius 2 is 1.75 bits per heavy atom. The molecule has 20 heavy (non-hydrogen) atoms. The molecular weight excluding hydrogens is 295 g/mol. The van der Waals surface area contributed by atoms with Gasteiger partial charge in [-0.15, -0.1) is 0 Å². The first-order valence-corrected chi connectivity index (χ1v) is 6.80. The van der Waals surface area contributed by atoms with Gasteiger partial charge in [-0.2, -0.15) is 4.98 Å². The molecule has 0 saturated heterocycles. The molecule has 3 nitrogen and oxygen atoms in total. The molecule has 0 fully saturated rings. The third-order valence-corrected chi connectivity index (χ3v) is 3.58. The van der Waals surface area contributed by atoms with Crippen molar-refractivity contribution < 1.29 is 4.52 Å². The van der Waals surface area contributed by atoms with Crippen molar-refractivity contribution >= 4 is 23.2 Å². The van der Waals surface area contributed by atoms with Crippen LogP contribution in [-0.2, 0) is 6.42 Å². The van der Waals surface area contributed by atoms with Crippen LogP contribution in [0.15, 0.2) is 53.1 Å². The predicted molar refractivity (Wildman–Crippen MR) is 79.0 cm³/mol. The van der Waals surface area contributed by atoms with Gasteiger partial charge in [-0.1, -0.05) is 64.8 Å². The lowest BCUT2D eigenvalue weighted by Crippen LogP contribution is -1.89. The summed E-state index contributed by atoms with van der Waals surface area (Å²) in [4.78, 5) is 4.37. The van der Waals surface area contributed by atoms with Gasteiger partial charge in [-0.3, -0.25) is 0 Å². The highest BCUT2D eigenvalue weighted by Gasteiger charge is 2.09. The van der Waals surface area contributed by atoms with Gasteiger partial charge in [-0.25, -0.2) is 0 Å². The van der Waals surface area contributed by atoms with Crippen LogP contribution in [0, 0.1) is 0 Å². The van der Waals surface area contributed by atoms with E-state index >= 15 is 0 Å². The zero-order chi connectivity index (χ0) is 13.9. The molecule has 0 aliphatic rings. The van der Waals surface area contributed by atoms with Crippen molar-refractivity contribution in [2.45, 2.75) is 6.42 Å². The maximum Gasteiger partial charge on any atom is 0.231 e. The minimum Gasteiger partial charge on any atom is -0.339 e. The molecule has 1 heterocycles. The van der Waals surface area contributed by atoms with Crippen LogP contribution in [0.25, 0.3) is 11.4 Å². The smallest absolute Gasteiger partial charge is 0.231 e. The summed E-state index contributed by atoms with van der Waals surface area (Å²) in [5, 5.41) is 5.03. The van der Waals surface area contributed by atoms with E-state index in [1.807, 2.05) is 36.4 Å². The van der Waals surface area contributed by atoms with Crippen molar-refractivity contribution in [3.8, 4) is 11.4 Å². The molecule has 3 rings (SSSR count). The number of hydrogen-bond donors (Lipinski definition) is 0. The summed E-state index contributed by atoms with van der Waals surface area (Å²) in [6.07, 6.45) is 0.525. The number of halogens is 2. The lowest BCUT2D eigenvalue weighted by molar-refractivity contribution is 0.385. The SMILES string of the molecule is Clc1ccc(Cc2nc(-c3ccccc3)no2)cc1Cl. The van der Waals surface area contributed by atoms with Gasteiger partial charge in [0.2, 0.25) is 11.7 Å². The zero-order valence-corrected chi connectivity index (χ0v) is 11.9. The molecule has 3 aromatic rings. The van der Waals surface area contributed by atoms with E-state index in [1.165, 1.54) is 0 Å². The molecular formula is C15H10Cl2N2O. The number of hydrogen-bond acceptors (Lipinski definition) is 3. The van der Waals surface area contributed by atoms with E-state index in [0.29, 0.717) is 28.2 Å². The summed E-state index contributed by atoms with van der Waals surface area (Å²) in [5.41, 5.74) is 1.90. The summed E-state index contributed by atoms with van der Waals surface area (Å²) in [5.74, 6) is 1.13. The number of nitrogens with zero attached hydrogens (tertiary/aromatic N) is 2. The maximum absolute atomic E-state index is 5.98. The van der Waals surface area contributed by atoms with Crippen molar-refractivity contribution in [3.05, 3.63) is 70.0 Å². The Morgan fingerprint density at radius 3 is 2.50 bits per heavy atom. The molecule has 0 saturated carbocycles. The summed E-state index contributed by atoms with van der Waals surface area (Å²) >= 11 is 11.9. The minimum absolute atomic E-state index is 0.520.